The number of fused-ring (bicyclic) bond motifs is 1. The van der Waals surface area contributed by atoms with E-state index in [-0.39, 0.29) is 6.10 Å². The number of nitrogens with two attached hydrogens (primary N) is 1. The molecule has 1 aliphatic rings. The molecule has 2 aromatic heterocycles. The Bertz CT molecular complexity index is 978. The van der Waals surface area contributed by atoms with Crippen molar-refractivity contribution in [3.05, 3.63) is 52.9 Å². The molecule has 176 valence electrons. The number of hydrogen-bond acceptors (Lipinski definition) is 7. The molecule has 1 unspecified atom stereocenters. The van der Waals surface area contributed by atoms with Crippen LogP contribution in [0.15, 0.2) is 42.6 Å². The van der Waals surface area contributed by atoms with E-state index in [4.69, 9.17) is 27.8 Å². The number of nitrogens with zero attached hydrogens (tertiary/aromatic N) is 1. The van der Waals surface area contributed by atoms with Crippen molar-refractivity contribution in [3.63, 3.8) is 0 Å². The van der Waals surface area contributed by atoms with Gasteiger partial charge in [-0.1, -0.05) is 25.2 Å². The Kier molecular flexibility index (Phi) is 11.1. The Labute approximate surface area is 199 Å². The number of pyridine rings is 1. The molecular formula is C23H35N5O2S2. The minimum Gasteiger partial charge on any atom is -0.497 e. The fourth-order valence-corrected chi connectivity index (χ4v) is 3.91. The third-order valence-electron chi connectivity index (χ3n) is 4.84. The van der Waals surface area contributed by atoms with Crippen molar-refractivity contribution in [2.75, 3.05) is 46.2 Å². The monoisotopic (exact) mass is 477 g/mol. The molecule has 0 spiro atoms. The second-order valence-electron chi connectivity index (χ2n) is 7.64. The van der Waals surface area contributed by atoms with E-state index in [1.165, 1.54) is 11.1 Å². The van der Waals surface area contributed by atoms with Gasteiger partial charge in [0.25, 0.3) is 0 Å². The van der Waals surface area contributed by atoms with E-state index in [0.29, 0.717) is 11.8 Å². The van der Waals surface area contributed by atoms with E-state index < -0.39 is 0 Å². The highest BCUT2D eigenvalue weighted by atomic mass is 32.2. The topological polar surface area (TPSA) is 102 Å². The summed E-state index contributed by atoms with van der Waals surface area (Å²) < 4.78 is 6.09. The van der Waals surface area contributed by atoms with Gasteiger partial charge in [-0.15, -0.1) is 0 Å². The molecule has 4 rings (SSSR count). The van der Waals surface area contributed by atoms with Crippen LogP contribution in [-0.2, 0) is 5.75 Å². The Morgan fingerprint density at radius 2 is 2.09 bits per heavy atom. The van der Waals surface area contributed by atoms with E-state index in [1.54, 1.807) is 7.11 Å². The summed E-state index contributed by atoms with van der Waals surface area (Å²) in [5.74, 6) is 1.81. The Morgan fingerprint density at radius 1 is 1.34 bits per heavy atom. The summed E-state index contributed by atoms with van der Waals surface area (Å²) in [6, 6.07) is 11.9. The number of methoxy groups -OCH3 is 1. The minimum absolute atomic E-state index is 0.0324. The molecule has 3 aromatic rings. The lowest BCUT2D eigenvalue weighted by atomic mass is 10.2. The van der Waals surface area contributed by atoms with E-state index >= 15 is 0 Å². The van der Waals surface area contributed by atoms with Crippen molar-refractivity contribution < 1.29 is 9.84 Å². The number of rotatable bonds is 6. The number of ether oxygens (including phenoxy) is 1. The fraction of sp³-hybridized carbons (Fsp3) is 0.435. The van der Waals surface area contributed by atoms with Crippen molar-refractivity contribution >= 4 is 40.6 Å². The van der Waals surface area contributed by atoms with Crippen LogP contribution in [0, 0.1) is 4.64 Å². The summed E-state index contributed by atoms with van der Waals surface area (Å²) in [5, 5.41) is 13.4. The fourth-order valence-electron chi connectivity index (χ4n) is 3.01. The third-order valence-corrected chi connectivity index (χ3v) is 6.34. The molecule has 0 bridgehead atoms. The predicted molar refractivity (Wildman–Crippen MR) is 139 cm³/mol. The number of benzene rings is 1. The number of aromatic nitrogens is 2. The van der Waals surface area contributed by atoms with Gasteiger partial charge in [0.05, 0.1) is 24.4 Å². The maximum Gasteiger partial charge on any atom is 0.121 e. The summed E-state index contributed by atoms with van der Waals surface area (Å²) >= 11 is 6.62. The number of aliphatic hydroxyl groups is 1. The number of thioether (sulfide) groups is 1. The number of nitrogens with one attached hydrogen (secondary N) is 3. The lowest BCUT2D eigenvalue weighted by molar-refractivity contribution is 0.0196. The number of aromatic amines is 2. The summed E-state index contributed by atoms with van der Waals surface area (Å²) in [6.07, 6.45) is 1.78. The molecule has 1 atom stereocenters. The Hall–Kier alpha value is -2.04. The first kappa shape index (κ1) is 26.2. The molecule has 6 N–H and O–H groups in total. The van der Waals surface area contributed by atoms with Crippen molar-refractivity contribution in [2.45, 2.75) is 24.0 Å². The highest BCUT2D eigenvalue weighted by Crippen LogP contribution is 2.30. The molecule has 0 amide bonds. The van der Waals surface area contributed by atoms with Gasteiger partial charge in [0.2, 0.25) is 0 Å². The van der Waals surface area contributed by atoms with Gasteiger partial charge in [0.1, 0.15) is 10.4 Å². The van der Waals surface area contributed by atoms with Crippen LogP contribution in [0.2, 0.25) is 0 Å². The smallest absolute Gasteiger partial charge is 0.121 e. The number of anilines is 1. The highest BCUT2D eigenvalue weighted by Gasteiger charge is 2.18. The summed E-state index contributed by atoms with van der Waals surface area (Å²) in [4.78, 5) is 8.39. The molecule has 7 nitrogen and oxygen atoms in total. The summed E-state index contributed by atoms with van der Waals surface area (Å²) in [5.41, 5.74) is 9.03. The van der Waals surface area contributed by atoms with Crippen LogP contribution < -0.4 is 15.8 Å². The molecule has 1 aromatic carbocycles. The van der Waals surface area contributed by atoms with Crippen molar-refractivity contribution in [1.29, 1.82) is 0 Å². The second kappa shape index (κ2) is 13.5. The van der Waals surface area contributed by atoms with Crippen LogP contribution in [0.4, 0.5) is 5.69 Å². The molecule has 1 saturated heterocycles. The lowest BCUT2D eigenvalue weighted by Gasteiger charge is -2.31. The summed E-state index contributed by atoms with van der Waals surface area (Å²) in [6.45, 7) is 4.58. The zero-order chi connectivity index (χ0) is 23.5. The first-order chi connectivity index (χ1) is 15.4. The molecule has 0 saturated carbocycles. The molecular weight excluding hydrogens is 442 g/mol. The Balaban J connectivity index is 0.000000225. The highest BCUT2D eigenvalue weighted by molar-refractivity contribution is 7.99. The number of likely N-dealkylation sites (N-methyl/N-ethyl adjacent to an activating group) is 1. The molecule has 0 radical (unpaired) electrons. The number of β-amino-alcohol motifs (C(OH)–C–C–N with tert-alkyl or cyclic N) is 1. The van der Waals surface area contributed by atoms with Gasteiger partial charge in [-0.05, 0) is 31.3 Å². The maximum atomic E-state index is 8.58. The molecule has 3 heterocycles. The first-order valence-electron chi connectivity index (χ1n) is 10.6. The number of aliphatic hydroxyl groups excluding tert-OH is 1. The zero-order valence-corrected chi connectivity index (χ0v) is 20.9. The normalized spacial score (nSPS) is 14.4. The average molecular weight is 478 g/mol. The standard InChI is InChI=1S/C14H21N3OS.C5H5NS.C4H9NO/c1-9(7-15)19-8-11-4-10-5-12(18-3)6-13(16-2)14(10)17-11;7-5-3-1-2-4-6-5;1-5-2-4(6)3-5/h4-6,9,16-17H,7-8,15H2,1-3H3;1-4H,(H,6,7);4,6H,2-3H2,1H3. The van der Waals surface area contributed by atoms with Crippen LogP contribution in [-0.4, -0.2) is 72.2 Å². The van der Waals surface area contributed by atoms with Gasteiger partial charge in [-0.2, -0.15) is 11.8 Å². The number of hydrogen-bond donors (Lipinski definition) is 5. The predicted octanol–water partition coefficient (Wildman–Crippen LogP) is 3.84. The molecule has 1 fully saturated rings. The zero-order valence-electron chi connectivity index (χ0n) is 19.2. The van der Waals surface area contributed by atoms with E-state index in [2.05, 4.69) is 33.2 Å². The van der Waals surface area contributed by atoms with Crippen LogP contribution >= 0.6 is 24.0 Å². The van der Waals surface area contributed by atoms with Gasteiger partial charge in [0, 0.05) is 61.0 Å². The maximum absolute atomic E-state index is 8.58. The average Bonchev–Trinajstić information content (AvgIpc) is 3.20. The quantitative estimate of drug-likeness (QED) is 0.344. The largest absolute Gasteiger partial charge is 0.497 e. The van der Waals surface area contributed by atoms with E-state index in [0.717, 1.165) is 40.4 Å². The van der Waals surface area contributed by atoms with Gasteiger partial charge in [-0.3, -0.25) is 0 Å². The van der Waals surface area contributed by atoms with Crippen LogP contribution in [0.25, 0.3) is 10.9 Å². The first-order valence-corrected chi connectivity index (χ1v) is 12.0. The SMILES string of the molecule is CN1CC(O)C1.CNc1cc(OC)cc2cc(CSC(C)CN)[nH]c12.S=c1cccc[nH]1. The third kappa shape index (κ3) is 8.48. The van der Waals surface area contributed by atoms with Crippen molar-refractivity contribution in [1.82, 2.24) is 14.9 Å². The van der Waals surface area contributed by atoms with Gasteiger partial charge >= 0.3 is 0 Å². The van der Waals surface area contributed by atoms with Crippen LogP contribution in [0.1, 0.15) is 12.6 Å². The second-order valence-corrected chi connectivity index (χ2v) is 9.51. The molecule has 9 heteroatoms. The number of H-pyrrole nitrogens is 2. The molecule has 32 heavy (non-hydrogen) atoms. The van der Waals surface area contributed by atoms with E-state index in [9.17, 15) is 0 Å². The Morgan fingerprint density at radius 3 is 2.53 bits per heavy atom. The van der Waals surface area contributed by atoms with E-state index in [1.807, 2.05) is 62.4 Å². The van der Waals surface area contributed by atoms with Gasteiger partial charge < -0.3 is 35.8 Å². The molecule has 1 aliphatic heterocycles. The van der Waals surface area contributed by atoms with Crippen LogP contribution in [0.3, 0.4) is 0 Å². The molecule has 0 aliphatic carbocycles. The van der Waals surface area contributed by atoms with Gasteiger partial charge in [0.15, 0.2) is 0 Å². The van der Waals surface area contributed by atoms with Crippen LogP contribution in [0.5, 0.6) is 5.75 Å². The summed E-state index contributed by atoms with van der Waals surface area (Å²) in [7, 11) is 5.60. The number of likely N-dealkylation sites (tertiary alicyclic amines) is 1. The minimum atomic E-state index is -0.0324. The van der Waals surface area contributed by atoms with Gasteiger partial charge in [-0.25, -0.2) is 0 Å². The van der Waals surface area contributed by atoms with Crippen molar-refractivity contribution in [3.8, 4) is 5.75 Å². The lowest BCUT2D eigenvalue weighted by Crippen LogP contribution is -2.47. The van der Waals surface area contributed by atoms with Crippen molar-refractivity contribution in [2.24, 2.45) is 5.73 Å².